The Bertz CT molecular complexity index is 333. The van der Waals surface area contributed by atoms with E-state index in [9.17, 15) is 0 Å². The molecule has 0 aliphatic heterocycles. The van der Waals surface area contributed by atoms with Gasteiger partial charge in [-0.05, 0) is 44.1 Å². The van der Waals surface area contributed by atoms with Gasteiger partial charge in [-0.2, -0.15) is 0 Å². The Kier molecular flexibility index (Phi) is 5.25. The van der Waals surface area contributed by atoms with Gasteiger partial charge in [0.1, 0.15) is 0 Å². The molecule has 3 atom stereocenters. The predicted octanol–water partition coefficient (Wildman–Crippen LogP) is 4.18. The maximum absolute atomic E-state index is 3.83. The van der Waals surface area contributed by atoms with Gasteiger partial charge in [-0.25, -0.2) is 0 Å². The van der Waals surface area contributed by atoms with E-state index in [1.807, 2.05) is 0 Å². The van der Waals surface area contributed by atoms with Crippen molar-refractivity contribution < 1.29 is 0 Å². The van der Waals surface area contributed by atoms with Crippen LogP contribution >= 0.6 is 0 Å². The molecule has 0 bridgehead atoms. The summed E-state index contributed by atoms with van der Waals surface area (Å²) in [4.78, 5) is 0. The van der Waals surface area contributed by atoms with Crippen LogP contribution in [0.15, 0.2) is 30.3 Å². The molecule has 1 aliphatic carbocycles. The fraction of sp³-hybridized carbons (Fsp3) is 0.647. The molecule has 1 N–H and O–H groups in total. The van der Waals surface area contributed by atoms with E-state index in [2.05, 4.69) is 49.5 Å². The summed E-state index contributed by atoms with van der Waals surface area (Å²) in [5, 5.41) is 3.83. The fourth-order valence-corrected chi connectivity index (χ4v) is 3.08. The van der Waals surface area contributed by atoms with Crippen molar-refractivity contribution >= 4 is 0 Å². The number of hydrogen-bond donors (Lipinski definition) is 1. The summed E-state index contributed by atoms with van der Waals surface area (Å²) in [7, 11) is 0. The molecule has 1 nitrogen and oxygen atoms in total. The lowest BCUT2D eigenvalue weighted by Crippen LogP contribution is -2.37. The second-order valence-electron chi connectivity index (χ2n) is 6.07. The number of rotatable bonds is 4. The van der Waals surface area contributed by atoms with Crippen LogP contribution in [0.25, 0.3) is 0 Å². The molecule has 0 heterocycles. The molecule has 1 saturated carbocycles. The summed E-state index contributed by atoms with van der Waals surface area (Å²) < 4.78 is 0. The third kappa shape index (κ3) is 4.45. The molecule has 0 spiro atoms. The SMILES string of the molecule is CC1CCCC(NC(C)Cc2ccccc2)CC1. The van der Waals surface area contributed by atoms with Crippen LogP contribution in [0.4, 0.5) is 0 Å². The average Bonchev–Trinajstić information content (AvgIpc) is 2.56. The molecule has 100 valence electrons. The summed E-state index contributed by atoms with van der Waals surface area (Å²) >= 11 is 0. The second kappa shape index (κ2) is 6.94. The van der Waals surface area contributed by atoms with Crippen molar-refractivity contribution in [1.29, 1.82) is 0 Å². The average molecular weight is 245 g/mol. The highest BCUT2D eigenvalue weighted by molar-refractivity contribution is 5.15. The van der Waals surface area contributed by atoms with Gasteiger partial charge >= 0.3 is 0 Å². The van der Waals surface area contributed by atoms with Crippen LogP contribution in [0, 0.1) is 5.92 Å². The van der Waals surface area contributed by atoms with Crippen LogP contribution < -0.4 is 5.32 Å². The van der Waals surface area contributed by atoms with Gasteiger partial charge in [-0.3, -0.25) is 0 Å². The summed E-state index contributed by atoms with van der Waals surface area (Å²) in [6.07, 6.45) is 8.09. The molecule has 0 aromatic heterocycles. The van der Waals surface area contributed by atoms with Crippen molar-refractivity contribution in [3.63, 3.8) is 0 Å². The van der Waals surface area contributed by atoms with Crippen molar-refractivity contribution in [2.75, 3.05) is 0 Å². The first kappa shape index (κ1) is 13.6. The summed E-state index contributed by atoms with van der Waals surface area (Å²) in [5.74, 6) is 0.932. The van der Waals surface area contributed by atoms with Crippen molar-refractivity contribution in [2.24, 2.45) is 5.92 Å². The zero-order valence-electron chi connectivity index (χ0n) is 11.9. The minimum Gasteiger partial charge on any atom is -0.311 e. The third-order valence-corrected chi connectivity index (χ3v) is 4.16. The number of benzene rings is 1. The molecule has 0 amide bonds. The lowest BCUT2D eigenvalue weighted by molar-refractivity contribution is 0.400. The summed E-state index contributed by atoms with van der Waals surface area (Å²) in [6, 6.07) is 12.2. The van der Waals surface area contributed by atoms with Crippen LogP contribution in [-0.2, 0) is 6.42 Å². The molecule has 1 heteroatoms. The lowest BCUT2D eigenvalue weighted by Gasteiger charge is -2.22. The Hall–Kier alpha value is -0.820. The summed E-state index contributed by atoms with van der Waals surface area (Å²) in [5.41, 5.74) is 1.44. The molecule has 18 heavy (non-hydrogen) atoms. The van der Waals surface area contributed by atoms with E-state index in [1.165, 1.54) is 37.7 Å². The first-order valence-corrected chi connectivity index (χ1v) is 7.54. The van der Waals surface area contributed by atoms with Crippen LogP contribution in [0.2, 0.25) is 0 Å². The number of nitrogens with one attached hydrogen (secondary N) is 1. The van der Waals surface area contributed by atoms with Gasteiger partial charge in [0.25, 0.3) is 0 Å². The van der Waals surface area contributed by atoms with Crippen LogP contribution in [0.3, 0.4) is 0 Å². The van der Waals surface area contributed by atoms with E-state index in [4.69, 9.17) is 0 Å². The predicted molar refractivity (Wildman–Crippen MR) is 78.8 cm³/mol. The van der Waals surface area contributed by atoms with Crippen LogP contribution in [0.1, 0.15) is 51.5 Å². The first-order chi connectivity index (χ1) is 8.74. The highest BCUT2D eigenvalue weighted by Gasteiger charge is 2.17. The van der Waals surface area contributed by atoms with E-state index in [0.717, 1.165) is 18.4 Å². The quantitative estimate of drug-likeness (QED) is 0.785. The maximum atomic E-state index is 3.83. The van der Waals surface area contributed by atoms with E-state index in [1.54, 1.807) is 0 Å². The topological polar surface area (TPSA) is 12.0 Å². The Balaban J connectivity index is 1.78. The lowest BCUT2D eigenvalue weighted by atomic mass is 10.0. The van der Waals surface area contributed by atoms with Crippen molar-refractivity contribution in [1.82, 2.24) is 5.32 Å². The van der Waals surface area contributed by atoms with Crippen molar-refractivity contribution in [2.45, 2.75) is 64.5 Å². The molecular formula is C17H27N. The van der Waals surface area contributed by atoms with Crippen LogP contribution in [-0.4, -0.2) is 12.1 Å². The maximum Gasteiger partial charge on any atom is 0.00817 e. The third-order valence-electron chi connectivity index (χ3n) is 4.16. The van der Waals surface area contributed by atoms with Crippen molar-refractivity contribution in [3.05, 3.63) is 35.9 Å². The molecule has 2 rings (SSSR count). The van der Waals surface area contributed by atoms with Gasteiger partial charge in [0.2, 0.25) is 0 Å². The van der Waals surface area contributed by atoms with Gasteiger partial charge in [-0.15, -0.1) is 0 Å². The standard InChI is InChI=1S/C17H27N/c1-14-7-6-10-17(12-11-14)18-15(2)13-16-8-4-3-5-9-16/h3-5,8-9,14-15,17-18H,6-7,10-13H2,1-2H3. The first-order valence-electron chi connectivity index (χ1n) is 7.54. The van der Waals surface area contributed by atoms with Gasteiger partial charge in [0, 0.05) is 12.1 Å². The van der Waals surface area contributed by atoms with E-state index in [0.29, 0.717) is 6.04 Å². The van der Waals surface area contributed by atoms with Gasteiger partial charge in [0.15, 0.2) is 0 Å². The highest BCUT2D eigenvalue weighted by atomic mass is 14.9. The fourth-order valence-electron chi connectivity index (χ4n) is 3.08. The monoisotopic (exact) mass is 245 g/mol. The molecule has 1 aromatic carbocycles. The molecule has 0 saturated heterocycles. The smallest absolute Gasteiger partial charge is 0.00817 e. The Morgan fingerprint density at radius 2 is 1.89 bits per heavy atom. The van der Waals surface area contributed by atoms with E-state index >= 15 is 0 Å². The molecular weight excluding hydrogens is 218 g/mol. The van der Waals surface area contributed by atoms with E-state index < -0.39 is 0 Å². The van der Waals surface area contributed by atoms with E-state index in [-0.39, 0.29) is 0 Å². The Morgan fingerprint density at radius 3 is 2.67 bits per heavy atom. The van der Waals surface area contributed by atoms with Crippen molar-refractivity contribution in [3.8, 4) is 0 Å². The van der Waals surface area contributed by atoms with Gasteiger partial charge in [-0.1, -0.05) is 50.1 Å². The molecule has 0 radical (unpaired) electrons. The molecule has 1 aromatic rings. The molecule has 1 fully saturated rings. The number of hydrogen-bond acceptors (Lipinski definition) is 1. The minimum atomic E-state index is 0.589. The second-order valence-corrected chi connectivity index (χ2v) is 6.07. The zero-order chi connectivity index (χ0) is 12.8. The normalized spacial score (nSPS) is 26.6. The zero-order valence-corrected chi connectivity index (χ0v) is 11.9. The largest absolute Gasteiger partial charge is 0.311 e. The van der Waals surface area contributed by atoms with Gasteiger partial charge in [0.05, 0.1) is 0 Å². The van der Waals surface area contributed by atoms with Crippen LogP contribution in [0.5, 0.6) is 0 Å². The molecule has 1 aliphatic rings. The van der Waals surface area contributed by atoms with Gasteiger partial charge < -0.3 is 5.32 Å². The molecule has 3 unspecified atom stereocenters. The summed E-state index contributed by atoms with van der Waals surface area (Å²) in [6.45, 7) is 4.72. The highest BCUT2D eigenvalue weighted by Crippen LogP contribution is 2.23. The Morgan fingerprint density at radius 1 is 1.11 bits per heavy atom. The Labute approximate surface area is 112 Å². The minimum absolute atomic E-state index is 0.589.